The number of ether oxygens (including phenoxy) is 1. The lowest BCUT2D eigenvalue weighted by Gasteiger charge is -2.32. The molecule has 3 aromatic rings. The lowest BCUT2D eigenvalue weighted by molar-refractivity contribution is -0.785. The lowest BCUT2D eigenvalue weighted by atomic mass is 9.91. The minimum Gasteiger partial charge on any atom is -0.460 e. The number of nitrogens with one attached hydrogen (secondary N) is 2. The molecule has 8 N–H and O–H groups in total. The number of sulfonamides is 1. The van der Waals surface area contributed by atoms with Gasteiger partial charge in [0.25, 0.3) is 15.9 Å². The Labute approximate surface area is 265 Å². The predicted molar refractivity (Wildman–Crippen MR) is 174 cm³/mol. The number of benzene rings is 3. The normalized spacial score (nSPS) is 13.6. The van der Waals surface area contributed by atoms with Crippen LogP contribution >= 0.6 is 0 Å². The molecular formula is C33H48N5O6S+3. The van der Waals surface area contributed by atoms with Gasteiger partial charge in [-0.2, -0.15) is 0 Å². The Kier molecular flexibility index (Phi) is 11.1. The van der Waals surface area contributed by atoms with E-state index in [1.54, 1.807) is 32.0 Å². The third-order valence-electron chi connectivity index (χ3n) is 7.90. The van der Waals surface area contributed by atoms with Crippen LogP contribution in [0.3, 0.4) is 0 Å². The van der Waals surface area contributed by atoms with Crippen LogP contribution in [0.15, 0.2) is 65.6 Å². The molecule has 0 fully saturated rings. The Balaban J connectivity index is 1.94. The van der Waals surface area contributed by atoms with Crippen LogP contribution in [0.5, 0.6) is 0 Å². The number of carbonyl (C=O) groups excluding carboxylic acids is 3. The molecule has 244 valence electrons. The minimum absolute atomic E-state index is 0.0413. The molecule has 0 aliphatic heterocycles. The molecule has 3 aromatic carbocycles. The van der Waals surface area contributed by atoms with Crippen LogP contribution in [0.1, 0.15) is 41.5 Å². The van der Waals surface area contributed by atoms with E-state index in [4.69, 9.17) is 4.74 Å². The number of amides is 2. The van der Waals surface area contributed by atoms with Crippen LogP contribution in [0.2, 0.25) is 0 Å². The molecule has 11 nitrogen and oxygen atoms in total. The van der Waals surface area contributed by atoms with E-state index in [0.717, 1.165) is 20.9 Å². The summed E-state index contributed by atoms with van der Waals surface area (Å²) >= 11 is 0. The summed E-state index contributed by atoms with van der Waals surface area (Å²) < 4.78 is 35.2. The fraction of sp³-hybridized carbons (Fsp3) is 0.424. The summed E-state index contributed by atoms with van der Waals surface area (Å²) in [5.74, 6) is -1.83. The molecule has 2 atom stereocenters. The number of hydrogen-bond acceptors (Lipinski definition) is 6. The van der Waals surface area contributed by atoms with Crippen molar-refractivity contribution >= 4 is 55.6 Å². The van der Waals surface area contributed by atoms with Crippen molar-refractivity contribution in [2.24, 2.45) is 17.3 Å². The third kappa shape index (κ3) is 8.06. The van der Waals surface area contributed by atoms with E-state index in [1.807, 2.05) is 60.0 Å². The maximum absolute atomic E-state index is 13.9. The number of imide groups is 1. The van der Waals surface area contributed by atoms with Gasteiger partial charge >= 0.3 is 5.97 Å². The first kappa shape index (κ1) is 35.6. The first-order chi connectivity index (χ1) is 20.9. The smallest absolute Gasteiger partial charge is 0.365 e. The summed E-state index contributed by atoms with van der Waals surface area (Å²) in [7, 11) is -0.0409. The van der Waals surface area contributed by atoms with Gasteiger partial charge in [0.1, 0.15) is 12.3 Å². The fourth-order valence-electron chi connectivity index (χ4n) is 4.63. The highest BCUT2D eigenvalue weighted by Gasteiger charge is 2.41. The predicted octanol–water partition coefficient (Wildman–Crippen LogP) is 1.38. The van der Waals surface area contributed by atoms with E-state index in [-0.39, 0.29) is 34.7 Å². The molecular weight excluding hydrogens is 594 g/mol. The van der Waals surface area contributed by atoms with Crippen LogP contribution in [0.4, 0.5) is 17.1 Å². The van der Waals surface area contributed by atoms with Crippen molar-refractivity contribution in [3.05, 3.63) is 60.7 Å². The number of carbonyl (C=O) groups is 3. The largest absolute Gasteiger partial charge is 0.460 e. The average molecular weight is 643 g/mol. The fourth-order valence-corrected chi connectivity index (χ4v) is 5.91. The molecule has 0 aliphatic rings. The molecule has 0 heterocycles. The van der Waals surface area contributed by atoms with E-state index in [2.05, 4.69) is 16.2 Å². The quantitative estimate of drug-likeness (QED) is 0.218. The topological polar surface area (TPSA) is 170 Å². The second-order valence-corrected chi connectivity index (χ2v) is 14.6. The number of hydrogen-bond donors (Lipinski definition) is 4. The molecule has 0 aliphatic carbocycles. The van der Waals surface area contributed by atoms with Gasteiger partial charge in [-0.15, -0.1) is 0 Å². The van der Waals surface area contributed by atoms with Gasteiger partial charge in [0.05, 0.1) is 30.1 Å². The van der Waals surface area contributed by atoms with Crippen molar-refractivity contribution in [2.45, 2.75) is 58.5 Å². The number of quaternary nitrogens is 3. The number of anilines is 2. The summed E-state index contributed by atoms with van der Waals surface area (Å²) in [4.78, 5) is 42.2. The zero-order valence-electron chi connectivity index (χ0n) is 27.5. The molecule has 0 saturated carbocycles. The molecule has 0 unspecified atom stereocenters. The van der Waals surface area contributed by atoms with Crippen LogP contribution < -0.4 is 26.0 Å². The Bertz CT molecular complexity index is 1650. The minimum atomic E-state index is -4.00. The molecule has 0 saturated heterocycles. The highest BCUT2D eigenvalue weighted by molar-refractivity contribution is 7.93. The standard InChI is InChI=1S/C33H45N5O6S/c1-20(2)28(34)30(39)38(32(41)33(5,6)19-44-31(40)29(35)21(3)4)23-17-15-22(16-18-23)36-45(42,43)27-14-10-11-24-25(27)12-9-13-26(24)37(7)8/h9-18,20-21,28-29,36H,19,34-35H2,1-8H3/p+3/t28-,29-/m0/s1. The summed E-state index contributed by atoms with van der Waals surface area (Å²) in [6.45, 7) is 10.3. The van der Waals surface area contributed by atoms with Crippen LogP contribution in [0.25, 0.3) is 10.8 Å². The highest BCUT2D eigenvalue weighted by Crippen LogP contribution is 2.30. The van der Waals surface area contributed by atoms with Gasteiger partial charge < -0.3 is 21.1 Å². The average Bonchev–Trinajstić information content (AvgIpc) is 2.98. The van der Waals surface area contributed by atoms with E-state index in [0.29, 0.717) is 5.39 Å². The summed E-state index contributed by atoms with van der Waals surface area (Å²) in [6.07, 6.45) is 0. The van der Waals surface area contributed by atoms with E-state index in [9.17, 15) is 22.8 Å². The third-order valence-corrected chi connectivity index (χ3v) is 9.33. The Hall–Kier alpha value is -3.84. The van der Waals surface area contributed by atoms with Crippen LogP contribution in [0, 0.1) is 17.3 Å². The Morgan fingerprint density at radius 3 is 1.98 bits per heavy atom. The summed E-state index contributed by atoms with van der Waals surface area (Å²) in [5, 5.41) is 1.43. The van der Waals surface area contributed by atoms with E-state index >= 15 is 0 Å². The summed E-state index contributed by atoms with van der Waals surface area (Å²) in [5.41, 5.74) is 8.01. The van der Waals surface area contributed by atoms with Crippen molar-refractivity contribution in [3.8, 4) is 0 Å². The highest BCUT2D eigenvalue weighted by atomic mass is 32.2. The second-order valence-electron chi connectivity index (χ2n) is 13.0. The van der Waals surface area contributed by atoms with Gasteiger partial charge in [-0.05, 0) is 56.3 Å². The molecule has 0 radical (unpaired) electrons. The number of esters is 1. The Morgan fingerprint density at radius 1 is 0.867 bits per heavy atom. The SMILES string of the molecule is CC(C)[C@H]([NH3+])C(=O)OCC(C)(C)C(=O)N(C(=O)[C@@H]([NH3+])C(C)C)c1ccc(NS(=O)(=O)c2cccc3c([NH+](C)C)cccc23)cc1. The molecule has 0 bridgehead atoms. The second kappa shape index (κ2) is 14.1. The Morgan fingerprint density at radius 2 is 1.42 bits per heavy atom. The van der Waals surface area contributed by atoms with Gasteiger partial charge in [0, 0.05) is 28.3 Å². The zero-order chi connectivity index (χ0) is 33.9. The van der Waals surface area contributed by atoms with Crippen LogP contribution in [-0.4, -0.2) is 59.0 Å². The summed E-state index contributed by atoms with van der Waals surface area (Å²) in [6, 6.07) is 15.4. The van der Waals surface area contributed by atoms with E-state index < -0.39 is 45.3 Å². The number of nitrogens with zero attached hydrogens (tertiary/aromatic N) is 1. The van der Waals surface area contributed by atoms with E-state index in [1.165, 1.54) is 24.3 Å². The van der Waals surface area contributed by atoms with Crippen molar-refractivity contribution < 1.29 is 43.9 Å². The first-order valence-electron chi connectivity index (χ1n) is 15.1. The van der Waals surface area contributed by atoms with Gasteiger partial charge in [0.2, 0.25) is 5.91 Å². The van der Waals surface area contributed by atoms with Crippen molar-refractivity contribution in [1.29, 1.82) is 0 Å². The monoisotopic (exact) mass is 642 g/mol. The molecule has 2 amide bonds. The molecule has 3 rings (SSSR count). The van der Waals surface area contributed by atoms with Crippen molar-refractivity contribution in [1.82, 2.24) is 0 Å². The first-order valence-corrected chi connectivity index (χ1v) is 16.5. The van der Waals surface area contributed by atoms with Gasteiger partial charge in [0.15, 0.2) is 12.1 Å². The molecule has 45 heavy (non-hydrogen) atoms. The maximum Gasteiger partial charge on any atom is 0.365 e. The molecule has 12 heteroatoms. The molecule has 0 spiro atoms. The lowest BCUT2D eigenvalue weighted by Crippen LogP contribution is -3.00. The number of fused-ring (bicyclic) bond motifs is 1. The van der Waals surface area contributed by atoms with Crippen molar-refractivity contribution in [3.63, 3.8) is 0 Å². The van der Waals surface area contributed by atoms with Gasteiger partial charge in [-0.25, -0.2) is 18.1 Å². The van der Waals surface area contributed by atoms with Crippen LogP contribution in [-0.2, 0) is 29.1 Å². The van der Waals surface area contributed by atoms with Gasteiger partial charge in [-0.3, -0.25) is 14.3 Å². The maximum atomic E-state index is 13.9. The number of rotatable bonds is 12. The van der Waals surface area contributed by atoms with Gasteiger partial charge in [-0.1, -0.05) is 45.9 Å². The molecule has 0 aromatic heterocycles. The zero-order valence-corrected chi connectivity index (χ0v) is 28.3. The van der Waals surface area contributed by atoms with Crippen molar-refractivity contribution in [2.75, 3.05) is 30.3 Å².